The van der Waals surface area contributed by atoms with Gasteiger partial charge in [0.15, 0.2) is 0 Å². The highest BCUT2D eigenvalue weighted by Gasteiger charge is 2.40. The quantitative estimate of drug-likeness (QED) is 0.891. The third kappa shape index (κ3) is 1.91. The first-order chi connectivity index (χ1) is 8.75. The number of hydrogen-bond donors (Lipinski definition) is 1. The molecule has 1 unspecified atom stereocenters. The summed E-state index contributed by atoms with van der Waals surface area (Å²) < 4.78 is 13.5. The summed E-state index contributed by atoms with van der Waals surface area (Å²) in [6.45, 7) is 1.65. The first-order valence-corrected chi connectivity index (χ1v) is 7.74. The highest BCUT2D eigenvalue weighted by molar-refractivity contribution is 7.99. The molecule has 18 heavy (non-hydrogen) atoms. The van der Waals surface area contributed by atoms with Crippen LogP contribution in [0.1, 0.15) is 18.4 Å². The lowest BCUT2D eigenvalue weighted by Gasteiger charge is -2.45. The Balaban J connectivity index is 1.96. The summed E-state index contributed by atoms with van der Waals surface area (Å²) in [7, 11) is 0. The smallest absolute Gasteiger partial charge is 0.125 e. The minimum Gasteiger partial charge on any atom is -0.363 e. The van der Waals surface area contributed by atoms with Crippen LogP contribution in [0.5, 0.6) is 0 Å². The van der Waals surface area contributed by atoms with Gasteiger partial charge in [-0.1, -0.05) is 6.07 Å². The largest absolute Gasteiger partial charge is 0.363 e. The Labute approximate surface area is 112 Å². The SMILES string of the molecule is NCC1(N2CCc3ccc(F)cc32)CCCSC1. The summed E-state index contributed by atoms with van der Waals surface area (Å²) in [6.07, 6.45) is 3.36. The number of rotatable bonds is 2. The topological polar surface area (TPSA) is 29.3 Å². The zero-order valence-electron chi connectivity index (χ0n) is 10.5. The van der Waals surface area contributed by atoms with Gasteiger partial charge in [0.2, 0.25) is 0 Å². The lowest BCUT2D eigenvalue weighted by molar-refractivity contribution is 0.404. The fraction of sp³-hybridized carbons (Fsp3) is 0.571. The van der Waals surface area contributed by atoms with Crippen molar-refractivity contribution < 1.29 is 4.39 Å². The predicted molar refractivity (Wildman–Crippen MR) is 75.8 cm³/mol. The van der Waals surface area contributed by atoms with Crippen LogP contribution in [-0.4, -0.2) is 30.1 Å². The van der Waals surface area contributed by atoms with E-state index >= 15 is 0 Å². The van der Waals surface area contributed by atoms with Crippen LogP contribution in [0.4, 0.5) is 10.1 Å². The zero-order chi connectivity index (χ0) is 12.6. The fourth-order valence-electron chi connectivity index (χ4n) is 3.17. The van der Waals surface area contributed by atoms with Crippen LogP contribution in [0.2, 0.25) is 0 Å². The molecule has 2 aliphatic rings. The van der Waals surface area contributed by atoms with Gasteiger partial charge in [0.25, 0.3) is 0 Å². The van der Waals surface area contributed by atoms with Crippen LogP contribution >= 0.6 is 11.8 Å². The molecule has 0 aromatic heterocycles. The first-order valence-electron chi connectivity index (χ1n) is 6.59. The van der Waals surface area contributed by atoms with Gasteiger partial charge in [0.1, 0.15) is 5.82 Å². The molecule has 0 aliphatic carbocycles. The second kappa shape index (κ2) is 4.74. The molecular weight excluding hydrogens is 247 g/mol. The third-order valence-electron chi connectivity index (χ3n) is 4.20. The predicted octanol–water partition coefficient (Wildman–Crippen LogP) is 2.41. The van der Waals surface area contributed by atoms with Crippen molar-refractivity contribution >= 4 is 17.4 Å². The monoisotopic (exact) mass is 266 g/mol. The molecule has 2 nitrogen and oxygen atoms in total. The van der Waals surface area contributed by atoms with Crippen LogP contribution < -0.4 is 10.6 Å². The van der Waals surface area contributed by atoms with Gasteiger partial charge >= 0.3 is 0 Å². The second-order valence-corrected chi connectivity index (χ2v) is 6.36. The van der Waals surface area contributed by atoms with Gasteiger partial charge in [-0.05, 0) is 42.7 Å². The average Bonchev–Trinajstić information content (AvgIpc) is 2.83. The molecule has 1 atom stereocenters. The van der Waals surface area contributed by atoms with E-state index in [0.29, 0.717) is 6.54 Å². The molecule has 0 amide bonds. The Morgan fingerprint density at radius 1 is 1.44 bits per heavy atom. The highest BCUT2D eigenvalue weighted by Crippen LogP contribution is 2.39. The Morgan fingerprint density at radius 3 is 3.06 bits per heavy atom. The standard InChI is InChI=1S/C14H19FN2S/c15-12-3-2-11-4-6-17(13(11)8-12)14(9-16)5-1-7-18-10-14/h2-3,8H,1,4-7,9-10,16H2. The molecule has 1 fully saturated rings. The zero-order valence-corrected chi connectivity index (χ0v) is 11.3. The van der Waals surface area contributed by atoms with Crippen molar-refractivity contribution in [1.82, 2.24) is 0 Å². The Bertz CT molecular complexity index is 443. The van der Waals surface area contributed by atoms with E-state index in [0.717, 1.165) is 30.8 Å². The molecule has 0 saturated carbocycles. The summed E-state index contributed by atoms with van der Waals surface area (Å²) in [6, 6.07) is 5.16. The molecule has 2 aliphatic heterocycles. The van der Waals surface area contributed by atoms with Gasteiger partial charge in [0, 0.05) is 24.5 Å². The van der Waals surface area contributed by atoms with E-state index in [1.54, 1.807) is 12.1 Å². The summed E-state index contributed by atoms with van der Waals surface area (Å²) in [5.74, 6) is 2.15. The van der Waals surface area contributed by atoms with Crippen molar-refractivity contribution in [2.75, 3.05) is 29.5 Å². The molecule has 1 saturated heterocycles. The molecule has 0 bridgehead atoms. The molecule has 98 valence electrons. The minimum absolute atomic E-state index is 0.0436. The Hall–Kier alpha value is -0.740. The lowest BCUT2D eigenvalue weighted by atomic mass is 9.93. The van der Waals surface area contributed by atoms with Crippen molar-refractivity contribution in [3.63, 3.8) is 0 Å². The molecule has 4 heteroatoms. The maximum absolute atomic E-state index is 13.5. The van der Waals surface area contributed by atoms with Crippen LogP contribution in [-0.2, 0) is 6.42 Å². The van der Waals surface area contributed by atoms with E-state index in [-0.39, 0.29) is 11.4 Å². The van der Waals surface area contributed by atoms with Gasteiger partial charge < -0.3 is 10.6 Å². The lowest BCUT2D eigenvalue weighted by Crippen LogP contribution is -2.57. The number of nitrogens with two attached hydrogens (primary N) is 1. The maximum Gasteiger partial charge on any atom is 0.125 e. The van der Waals surface area contributed by atoms with Crippen molar-refractivity contribution in [2.45, 2.75) is 24.8 Å². The molecule has 3 rings (SSSR count). The molecule has 1 aromatic carbocycles. The third-order valence-corrected chi connectivity index (χ3v) is 5.52. The number of benzene rings is 1. The van der Waals surface area contributed by atoms with Gasteiger partial charge in [-0.2, -0.15) is 11.8 Å². The molecule has 0 radical (unpaired) electrons. The van der Waals surface area contributed by atoms with E-state index in [9.17, 15) is 4.39 Å². The molecule has 2 heterocycles. The number of nitrogens with zero attached hydrogens (tertiary/aromatic N) is 1. The van der Waals surface area contributed by atoms with Gasteiger partial charge in [0.05, 0.1) is 5.54 Å². The second-order valence-electron chi connectivity index (χ2n) is 5.26. The molecule has 2 N–H and O–H groups in total. The fourth-order valence-corrected chi connectivity index (χ4v) is 4.46. The number of hydrogen-bond acceptors (Lipinski definition) is 3. The highest BCUT2D eigenvalue weighted by atomic mass is 32.2. The van der Waals surface area contributed by atoms with Crippen molar-refractivity contribution in [3.8, 4) is 0 Å². The molecule has 1 aromatic rings. The number of anilines is 1. The normalized spacial score (nSPS) is 27.3. The van der Waals surface area contributed by atoms with Crippen LogP contribution in [0.3, 0.4) is 0 Å². The van der Waals surface area contributed by atoms with Crippen LogP contribution in [0.15, 0.2) is 18.2 Å². The van der Waals surface area contributed by atoms with Gasteiger partial charge in [-0.25, -0.2) is 4.39 Å². The van der Waals surface area contributed by atoms with E-state index < -0.39 is 0 Å². The van der Waals surface area contributed by atoms with Crippen molar-refractivity contribution in [3.05, 3.63) is 29.6 Å². The van der Waals surface area contributed by atoms with E-state index in [2.05, 4.69) is 4.90 Å². The van der Waals surface area contributed by atoms with E-state index in [1.807, 2.05) is 17.8 Å². The van der Waals surface area contributed by atoms with E-state index in [1.165, 1.54) is 17.7 Å². The Morgan fingerprint density at radius 2 is 2.33 bits per heavy atom. The maximum atomic E-state index is 13.5. The van der Waals surface area contributed by atoms with Crippen molar-refractivity contribution in [1.29, 1.82) is 0 Å². The van der Waals surface area contributed by atoms with Gasteiger partial charge in [-0.15, -0.1) is 0 Å². The van der Waals surface area contributed by atoms with E-state index in [4.69, 9.17) is 5.73 Å². The molecule has 0 spiro atoms. The molecular formula is C14H19FN2S. The number of fused-ring (bicyclic) bond motifs is 1. The number of halogens is 1. The van der Waals surface area contributed by atoms with Crippen molar-refractivity contribution in [2.24, 2.45) is 5.73 Å². The van der Waals surface area contributed by atoms with Crippen LogP contribution in [0.25, 0.3) is 0 Å². The van der Waals surface area contributed by atoms with Gasteiger partial charge in [-0.3, -0.25) is 0 Å². The van der Waals surface area contributed by atoms with Crippen LogP contribution in [0, 0.1) is 5.82 Å². The Kier molecular flexibility index (Phi) is 3.24. The minimum atomic E-state index is -0.142. The average molecular weight is 266 g/mol. The number of thioether (sulfide) groups is 1. The first kappa shape index (κ1) is 12.3. The summed E-state index contributed by atoms with van der Waals surface area (Å²) in [5, 5.41) is 0. The summed E-state index contributed by atoms with van der Waals surface area (Å²) in [5.41, 5.74) is 8.44. The summed E-state index contributed by atoms with van der Waals surface area (Å²) >= 11 is 1.98. The summed E-state index contributed by atoms with van der Waals surface area (Å²) in [4.78, 5) is 2.37.